The maximum absolute atomic E-state index is 12.9. The van der Waals surface area contributed by atoms with E-state index in [1.807, 2.05) is 0 Å². The van der Waals surface area contributed by atoms with Gasteiger partial charge in [-0.05, 0) is 55.3 Å². The standard InChI is InChI=1S/C23H25F3N2O5S/c24-23(25,26)18-6-8-21(9-7-18)34(30,31)28-12-10-27(11-13-28)22(29)17-3-1-4-19(15-17)33-16-20-5-2-14-32-20/h1,3-4,6-9,15,20H,2,5,10-14,16H2/t20-/m0/s1. The molecule has 4 rings (SSSR count). The summed E-state index contributed by atoms with van der Waals surface area (Å²) >= 11 is 0. The van der Waals surface area contributed by atoms with Crippen LogP contribution in [0.25, 0.3) is 0 Å². The molecule has 2 aromatic rings. The summed E-state index contributed by atoms with van der Waals surface area (Å²) in [6.45, 7) is 1.57. The Morgan fingerprint density at radius 3 is 2.38 bits per heavy atom. The van der Waals surface area contributed by atoms with Gasteiger partial charge in [-0.15, -0.1) is 0 Å². The summed E-state index contributed by atoms with van der Waals surface area (Å²) in [5.41, 5.74) is -0.479. The first kappa shape index (κ1) is 24.5. The van der Waals surface area contributed by atoms with Gasteiger partial charge < -0.3 is 14.4 Å². The highest BCUT2D eigenvalue weighted by Crippen LogP contribution is 2.30. The minimum absolute atomic E-state index is 0.0459. The molecular weight excluding hydrogens is 473 g/mol. The third kappa shape index (κ3) is 5.53. The number of ether oxygens (including phenoxy) is 2. The van der Waals surface area contributed by atoms with Crippen LogP contribution < -0.4 is 4.74 Å². The quantitative estimate of drug-likeness (QED) is 0.610. The highest BCUT2D eigenvalue weighted by molar-refractivity contribution is 7.89. The van der Waals surface area contributed by atoms with Crippen molar-refractivity contribution in [1.29, 1.82) is 0 Å². The van der Waals surface area contributed by atoms with Gasteiger partial charge in [0.2, 0.25) is 10.0 Å². The molecule has 34 heavy (non-hydrogen) atoms. The van der Waals surface area contributed by atoms with E-state index in [9.17, 15) is 26.4 Å². The number of piperazine rings is 1. The number of benzene rings is 2. The Morgan fingerprint density at radius 2 is 1.76 bits per heavy atom. The van der Waals surface area contributed by atoms with Crippen LogP contribution in [-0.2, 0) is 20.9 Å². The molecule has 7 nitrogen and oxygen atoms in total. The van der Waals surface area contributed by atoms with Crippen molar-refractivity contribution in [2.75, 3.05) is 39.4 Å². The second kappa shape index (κ2) is 9.93. The molecule has 0 radical (unpaired) electrons. The molecule has 2 saturated heterocycles. The number of rotatable bonds is 6. The molecule has 0 unspecified atom stereocenters. The average molecular weight is 499 g/mol. The third-order valence-corrected chi connectivity index (χ3v) is 7.80. The van der Waals surface area contributed by atoms with E-state index < -0.39 is 21.8 Å². The molecule has 2 fully saturated rings. The molecule has 11 heteroatoms. The molecule has 2 aliphatic rings. The van der Waals surface area contributed by atoms with Gasteiger partial charge in [-0.1, -0.05) is 6.07 Å². The number of hydrogen-bond donors (Lipinski definition) is 0. The number of amides is 1. The molecule has 1 atom stereocenters. The Balaban J connectivity index is 1.35. The lowest BCUT2D eigenvalue weighted by Crippen LogP contribution is -2.50. The SMILES string of the molecule is O=C(c1cccc(OC[C@@H]2CCCO2)c1)N1CCN(S(=O)(=O)c2ccc(C(F)(F)F)cc2)CC1. The lowest BCUT2D eigenvalue weighted by Gasteiger charge is -2.34. The Kier molecular flexibility index (Phi) is 7.15. The zero-order chi connectivity index (χ0) is 24.3. The summed E-state index contributed by atoms with van der Waals surface area (Å²) in [7, 11) is -3.96. The van der Waals surface area contributed by atoms with Gasteiger partial charge in [-0.25, -0.2) is 8.42 Å². The molecule has 0 aliphatic carbocycles. The average Bonchev–Trinajstić information content (AvgIpc) is 3.36. The fraction of sp³-hybridized carbons (Fsp3) is 0.435. The zero-order valence-corrected chi connectivity index (χ0v) is 19.1. The lowest BCUT2D eigenvalue weighted by atomic mass is 10.1. The van der Waals surface area contributed by atoms with Crippen molar-refractivity contribution in [3.8, 4) is 5.75 Å². The Bertz CT molecular complexity index is 1110. The van der Waals surface area contributed by atoms with Crippen molar-refractivity contribution >= 4 is 15.9 Å². The van der Waals surface area contributed by atoms with Crippen LogP contribution in [-0.4, -0.2) is 69.0 Å². The normalized spacial score (nSPS) is 19.9. The second-order valence-corrected chi connectivity index (χ2v) is 10.1. The Morgan fingerprint density at radius 1 is 1.06 bits per heavy atom. The number of carbonyl (C=O) groups excluding carboxylic acids is 1. The van der Waals surface area contributed by atoms with Gasteiger partial charge in [0.1, 0.15) is 12.4 Å². The predicted molar refractivity (Wildman–Crippen MR) is 117 cm³/mol. The van der Waals surface area contributed by atoms with Gasteiger partial charge in [-0.2, -0.15) is 17.5 Å². The smallest absolute Gasteiger partial charge is 0.416 e. The maximum atomic E-state index is 12.9. The number of carbonyl (C=O) groups is 1. The van der Waals surface area contributed by atoms with Gasteiger partial charge in [0.15, 0.2) is 0 Å². The van der Waals surface area contributed by atoms with E-state index in [-0.39, 0.29) is 43.1 Å². The third-order valence-electron chi connectivity index (χ3n) is 5.89. The molecule has 2 aliphatic heterocycles. The van der Waals surface area contributed by atoms with Crippen molar-refractivity contribution in [2.45, 2.75) is 30.0 Å². The summed E-state index contributed by atoms with van der Waals surface area (Å²) in [5.74, 6) is 0.319. The lowest BCUT2D eigenvalue weighted by molar-refractivity contribution is -0.137. The summed E-state index contributed by atoms with van der Waals surface area (Å²) in [6, 6.07) is 10.2. The summed E-state index contributed by atoms with van der Waals surface area (Å²) < 4.78 is 76.4. The van der Waals surface area contributed by atoms with Crippen molar-refractivity contribution in [1.82, 2.24) is 9.21 Å². The van der Waals surface area contributed by atoms with E-state index in [0.717, 1.165) is 43.7 Å². The van der Waals surface area contributed by atoms with E-state index in [4.69, 9.17) is 9.47 Å². The summed E-state index contributed by atoms with van der Waals surface area (Å²) in [5, 5.41) is 0. The summed E-state index contributed by atoms with van der Waals surface area (Å²) in [6.07, 6.45) is -2.54. The van der Waals surface area contributed by atoms with E-state index in [1.165, 1.54) is 4.31 Å². The van der Waals surface area contributed by atoms with Crippen LogP contribution in [0, 0.1) is 0 Å². The van der Waals surface area contributed by atoms with Crippen molar-refractivity contribution in [3.05, 3.63) is 59.7 Å². The van der Waals surface area contributed by atoms with Gasteiger partial charge >= 0.3 is 6.18 Å². The first-order valence-electron chi connectivity index (χ1n) is 11.0. The first-order valence-corrected chi connectivity index (χ1v) is 12.4. The van der Waals surface area contributed by atoms with Crippen LogP contribution in [0.15, 0.2) is 53.4 Å². The van der Waals surface area contributed by atoms with Gasteiger partial charge in [-0.3, -0.25) is 4.79 Å². The van der Waals surface area contributed by atoms with Gasteiger partial charge in [0.05, 0.1) is 16.6 Å². The van der Waals surface area contributed by atoms with E-state index in [2.05, 4.69) is 0 Å². The van der Waals surface area contributed by atoms with E-state index in [0.29, 0.717) is 17.9 Å². The minimum Gasteiger partial charge on any atom is -0.491 e. The number of alkyl halides is 3. The largest absolute Gasteiger partial charge is 0.491 e. The highest BCUT2D eigenvalue weighted by Gasteiger charge is 2.33. The van der Waals surface area contributed by atoms with Crippen molar-refractivity contribution in [3.63, 3.8) is 0 Å². The number of nitrogens with zero attached hydrogens (tertiary/aromatic N) is 2. The number of halogens is 3. The fourth-order valence-electron chi connectivity index (χ4n) is 3.96. The van der Waals surface area contributed by atoms with Gasteiger partial charge in [0.25, 0.3) is 5.91 Å². The molecule has 184 valence electrons. The van der Waals surface area contributed by atoms with Gasteiger partial charge in [0, 0.05) is 38.3 Å². The molecule has 0 aromatic heterocycles. The zero-order valence-electron chi connectivity index (χ0n) is 18.3. The molecule has 0 bridgehead atoms. The van der Waals surface area contributed by atoms with E-state index >= 15 is 0 Å². The van der Waals surface area contributed by atoms with Crippen LogP contribution in [0.5, 0.6) is 5.75 Å². The second-order valence-electron chi connectivity index (χ2n) is 8.19. The molecule has 2 aromatic carbocycles. The molecule has 0 saturated carbocycles. The Hall–Kier alpha value is -2.63. The van der Waals surface area contributed by atoms with Crippen LogP contribution in [0.3, 0.4) is 0 Å². The van der Waals surface area contributed by atoms with Crippen LogP contribution in [0.1, 0.15) is 28.8 Å². The highest BCUT2D eigenvalue weighted by atomic mass is 32.2. The monoisotopic (exact) mass is 498 g/mol. The number of sulfonamides is 1. The van der Waals surface area contributed by atoms with Crippen LogP contribution in [0.4, 0.5) is 13.2 Å². The Labute approximate surface area is 196 Å². The van der Waals surface area contributed by atoms with E-state index in [1.54, 1.807) is 29.2 Å². The molecule has 1 amide bonds. The van der Waals surface area contributed by atoms with Crippen molar-refractivity contribution < 1.29 is 35.9 Å². The topological polar surface area (TPSA) is 76.2 Å². The summed E-state index contributed by atoms with van der Waals surface area (Å²) in [4.78, 5) is 14.3. The molecular formula is C23H25F3N2O5S. The van der Waals surface area contributed by atoms with Crippen LogP contribution in [0.2, 0.25) is 0 Å². The predicted octanol–water partition coefficient (Wildman–Crippen LogP) is 3.41. The first-order chi connectivity index (χ1) is 16.1. The fourth-order valence-corrected chi connectivity index (χ4v) is 5.39. The molecule has 0 N–H and O–H groups in total. The molecule has 0 spiro atoms. The number of hydrogen-bond acceptors (Lipinski definition) is 5. The van der Waals surface area contributed by atoms with Crippen LogP contribution >= 0.6 is 0 Å². The van der Waals surface area contributed by atoms with Crippen molar-refractivity contribution in [2.24, 2.45) is 0 Å². The maximum Gasteiger partial charge on any atom is 0.416 e. The minimum atomic E-state index is -4.54. The molecule has 2 heterocycles.